The molecule has 0 fully saturated rings. The van der Waals surface area contributed by atoms with Crippen LogP contribution in [0.4, 0.5) is 13.2 Å². The van der Waals surface area contributed by atoms with Gasteiger partial charge in [0.05, 0.1) is 6.61 Å². The van der Waals surface area contributed by atoms with Crippen molar-refractivity contribution in [1.82, 2.24) is 20.9 Å². The number of carbonyl (C=O) groups excluding carboxylic acids is 2. The van der Waals surface area contributed by atoms with Crippen molar-refractivity contribution in [3.05, 3.63) is 35.7 Å². The predicted molar refractivity (Wildman–Crippen MR) is 81.0 cm³/mol. The minimum absolute atomic E-state index is 0.0420. The molecular formula is C15H15F3N4O4. The Labute approximate surface area is 145 Å². The topological polar surface area (TPSA) is 106 Å². The molecule has 0 saturated carbocycles. The molecule has 2 aromatic rings. The summed E-state index contributed by atoms with van der Waals surface area (Å²) in [4.78, 5) is 31.0. The highest BCUT2D eigenvalue weighted by Gasteiger charge is 2.38. The fourth-order valence-electron chi connectivity index (χ4n) is 1.76. The molecule has 0 atom stereocenters. The number of nitrogens with one attached hydrogen (secondary N) is 2. The van der Waals surface area contributed by atoms with Crippen LogP contribution in [0.15, 0.2) is 28.8 Å². The first-order valence-electron chi connectivity index (χ1n) is 7.51. The molecule has 2 amide bonds. The van der Waals surface area contributed by atoms with E-state index in [4.69, 9.17) is 4.84 Å². The quantitative estimate of drug-likeness (QED) is 0.455. The van der Waals surface area contributed by atoms with Crippen LogP contribution in [0, 0.1) is 0 Å². The van der Waals surface area contributed by atoms with Gasteiger partial charge in [-0.15, -0.1) is 0 Å². The standard InChI is InChI=1S/C15H15F3N4O4/c1-2-7-25-22-13(24)12(23)19-8-9-3-5-10(6-4-9)11-20-14(26-21-11)15(16,17)18/h3-6H,2,7-8H2,1H3,(H,19,23)(H,22,24). The van der Waals surface area contributed by atoms with E-state index in [-0.39, 0.29) is 19.0 Å². The van der Waals surface area contributed by atoms with Crippen molar-refractivity contribution >= 4 is 11.8 Å². The van der Waals surface area contributed by atoms with Crippen molar-refractivity contribution in [1.29, 1.82) is 0 Å². The van der Waals surface area contributed by atoms with Crippen LogP contribution in [0.2, 0.25) is 0 Å². The Morgan fingerprint density at radius 2 is 1.88 bits per heavy atom. The Morgan fingerprint density at radius 1 is 1.19 bits per heavy atom. The molecule has 1 aromatic carbocycles. The van der Waals surface area contributed by atoms with Crippen molar-refractivity contribution in [3.63, 3.8) is 0 Å². The summed E-state index contributed by atoms with van der Waals surface area (Å²) in [6, 6.07) is 6.03. The molecule has 0 radical (unpaired) electrons. The number of alkyl halides is 3. The van der Waals surface area contributed by atoms with Gasteiger partial charge in [0.2, 0.25) is 5.82 Å². The van der Waals surface area contributed by atoms with E-state index < -0.39 is 23.9 Å². The molecule has 0 spiro atoms. The lowest BCUT2D eigenvalue weighted by Crippen LogP contribution is -2.39. The maximum Gasteiger partial charge on any atom is 0.471 e. The van der Waals surface area contributed by atoms with Crippen LogP contribution in [0.3, 0.4) is 0 Å². The van der Waals surface area contributed by atoms with Gasteiger partial charge < -0.3 is 9.84 Å². The number of amides is 2. The van der Waals surface area contributed by atoms with Gasteiger partial charge in [-0.1, -0.05) is 36.3 Å². The fraction of sp³-hybridized carbons (Fsp3) is 0.333. The van der Waals surface area contributed by atoms with Crippen LogP contribution in [0.25, 0.3) is 11.4 Å². The zero-order chi connectivity index (χ0) is 19.2. The Morgan fingerprint density at radius 3 is 2.46 bits per heavy atom. The van der Waals surface area contributed by atoms with Gasteiger partial charge in [-0.05, 0) is 12.0 Å². The number of nitrogens with zero attached hydrogens (tertiary/aromatic N) is 2. The van der Waals surface area contributed by atoms with E-state index in [1.54, 1.807) is 12.1 Å². The second-order valence-electron chi connectivity index (χ2n) is 5.08. The lowest BCUT2D eigenvalue weighted by Gasteiger charge is -2.06. The smallest absolute Gasteiger partial charge is 0.344 e. The van der Waals surface area contributed by atoms with E-state index in [1.165, 1.54) is 12.1 Å². The molecule has 1 aromatic heterocycles. The number of benzene rings is 1. The van der Waals surface area contributed by atoms with E-state index in [1.807, 2.05) is 12.4 Å². The molecule has 0 bridgehead atoms. The molecule has 0 aliphatic carbocycles. The highest BCUT2D eigenvalue weighted by Crippen LogP contribution is 2.29. The summed E-state index contributed by atoms with van der Waals surface area (Å²) >= 11 is 0. The molecule has 8 nitrogen and oxygen atoms in total. The van der Waals surface area contributed by atoms with E-state index >= 15 is 0 Å². The summed E-state index contributed by atoms with van der Waals surface area (Å²) in [5, 5.41) is 5.65. The number of hydrogen-bond donors (Lipinski definition) is 2. The van der Waals surface area contributed by atoms with Crippen molar-refractivity contribution in [2.45, 2.75) is 26.1 Å². The average Bonchev–Trinajstić information content (AvgIpc) is 3.10. The molecule has 0 unspecified atom stereocenters. The van der Waals surface area contributed by atoms with Crippen molar-refractivity contribution < 1.29 is 32.1 Å². The normalized spacial score (nSPS) is 11.2. The number of aromatic nitrogens is 2. The Balaban J connectivity index is 1.90. The zero-order valence-corrected chi connectivity index (χ0v) is 13.6. The van der Waals surface area contributed by atoms with Crippen molar-refractivity contribution in [2.75, 3.05) is 6.61 Å². The zero-order valence-electron chi connectivity index (χ0n) is 13.6. The fourth-order valence-corrected chi connectivity index (χ4v) is 1.76. The van der Waals surface area contributed by atoms with Crippen LogP contribution < -0.4 is 10.8 Å². The van der Waals surface area contributed by atoms with E-state index in [2.05, 4.69) is 20.0 Å². The lowest BCUT2D eigenvalue weighted by molar-refractivity contribution is -0.159. The molecule has 0 saturated heterocycles. The number of rotatable bonds is 6. The summed E-state index contributed by atoms with van der Waals surface area (Å²) in [5.41, 5.74) is 2.92. The van der Waals surface area contributed by atoms with Gasteiger partial charge in [0.25, 0.3) is 0 Å². The van der Waals surface area contributed by atoms with Crippen LogP contribution in [-0.2, 0) is 27.1 Å². The SMILES string of the molecule is CCCONC(=O)C(=O)NCc1ccc(-c2noc(C(F)(F)F)n2)cc1. The van der Waals surface area contributed by atoms with Gasteiger partial charge in [-0.25, -0.2) is 5.48 Å². The minimum atomic E-state index is -4.71. The van der Waals surface area contributed by atoms with Crippen LogP contribution in [0.1, 0.15) is 24.8 Å². The predicted octanol–water partition coefficient (Wildman–Crippen LogP) is 1.83. The van der Waals surface area contributed by atoms with Gasteiger partial charge >= 0.3 is 23.9 Å². The van der Waals surface area contributed by atoms with E-state index in [0.29, 0.717) is 17.5 Å². The van der Waals surface area contributed by atoms with E-state index in [0.717, 1.165) is 0 Å². The van der Waals surface area contributed by atoms with Gasteiger partial charge in [-0.2, -0.15) is 18.2 Å². The molecule has 2 N–H and O–H groups in total. The monoisotopic (exact) mass is 372 g/mol. The molecule has 2 rings (SSSR count). The number of hydroxylamine groups is 1. The Kier molecular flexibility index (Phi) is 6.28. The third kappa shape index (κ3) is 5.28. The van der Waals surface area contributed by atoms with Crippen LogP contribution in [-0.4, -0.2) is 28.6 Å². The molecular weight excluding hydrogens is 357 g/mol. The molecule has 1 heterocycles. The van der Waals surface area contributed by atoms with Crippen molar-refractivity contribution in [3.8, 4) is 11.4 Å². The highest BCUT2D eigenvalue weighted by molar-refractivity contribution is 6.34. The molecule has 140 valence electrons. The molecule has 0 aliphatic heterocycles. The third-order valence-corrected chi connectivity index (χ3v) is 3.01. The first-order chi connectivity index (χ1) is 12.3. The summed E-state index contributed by atoms with van der Waals surface area (Å²) in [6.45, 7) is 2.17. The summed E-state index contributed by atoms with van der Waals surface area (Å²) < 4.78 is 41.5. The van der Waals surface area contributed by atoms with Crippen molar-refractivity contribution in [2.24, 2.45) is 0 Å². The second kappa shape index (κ2) is 8.43. The largest absolute Gasteiger partial charge is 0.471 e. The maximum atomic E-state index is 12.4. The average molecular weight is 372 g/mol. The first-order valence-corrected chi connectivity index (χ1v) is 7.51. The number of hydrogen-bond acceptors (Lipinski definition) is 6. The molecule has 11 heteroatoms. The summed E-state index contributed by atoms with van der Waals surface area (Å²) in [6.07, 6.45) is -4.03. The number of carbonyl (C=O) groups is 2. The van der Waals surface area contributed by atoms with Gasteiger partial charge in [0.1, 0.15) is 0 Å². The van der Waals surface area contributed by atoms with Gasteiger partial charge in [-0.3, -0.25) is 14.4 Å². The lowest BCUT2D eigenvalue weighted by atomic mass is 10.1. The van der Waals surface area contributed by atoms with Gasteiger partial charge in [0.15, 0.2) is 0 Å². The Bertz CT molecular complexity index is 759. The minimum Gasteiger partial charge on any atom is -0.344 e. The highest BCUT2D eigenvalue weighted by atomic mass is 19.4. The van der Waals surface area contributed by atoms with E-state index in [9.17, 15) is 22.8 Å². The molecule has 0 aliphatic rings. The van der Waals surface area contributed by atoms with Gasteiger partial charge in [0, 0.05) is 12.1 Å². The Hall–Kier alpha value is -2.95. The second-order valence-corrected chi connectivity index (χ2v) is 5.08. The summed E-state index contributed by atoms with van der Waals surface area (Å²) in [7, 11) is 0. The van der Waals surface area contributed by atoms with Crippen LogP contribution >= 0.6 is 0 Å². The summed E-state index contributed by atoms with van der Waals surface area (Å²) in [5.74, 6) is -3.44. The molecule has 26 heavy (non-hydrogen) atoms. The maximum absolute atomic E-state index is 12.4. The first kappa shape index (κ1) is 19.4. The van der Waals surface area contributed by atoms with Crippen LogP contribution in [0.5, 0.6) is 0 Å². The third-order valence-electron chi connectivity index (χ3n) is 3.01. The number of halogens is 3.